The number of thioether (sulfide) groups is 1. The minimum absolute atomic E-state index is 0.296. The second-order valence-electron chi connectivity index (χ2n) is 5.73. The van der Waals surface area contributed by atoms with Gasteiger partial charge in [-0.15, -0.1) is 11.8 Å². The molecule has 0 N–H and O–H groups in total. The van der Waals surface area contributed by atoms with Crippen LogP contribution in [0.4, 0.5) is 0 Å². The van der Waals surface area contributed by atoms with Crippen molar-refractivity contribution in [2.45, 2.75) is 11.2 Å². The number of carbonyl (C=O) groups is 1. The Kier molecular flexibility index (Phi) is 5.95. The molecule has 0 fully saturated rings. The van der Waals surface area contributed by atoms with Gasteiger partial charge in [0.15, 0.2) is 0 Å². The monoisotopic (exact) mass is 366 g/mol. The van der Waals surface area contributed by atoms with Crippen LogP contribution in [0.1, 0.15) is 23.1 Å². The Balaban J connectivity index is 2.18. The van der Waals surface area contributed by atoms with Crippen molar-refractivity contribution in [1.82, 2.24) is 0 Å². The zero-order valence-corrected chi connectivity index (χ0v) is 15.3. The summed E-state index contributed by atoms with van der Waals surface area (Å²) in [6.45, 7) is 0. The molecule has 0 atom stereocenters. The third-order valence-electron chi connectivity index (χ3n) is 4.16. The normalized spacial score (nSPS) is 11.2. The highest BCUT2D eigenvalue weighted by Crippen LogP contribution is 2.48. The fraction of sp³-hybridized carbons (Fsp3) is 0.136. The molecule has 3 rings (SSSR count). The molecule has 0 heterocycles. The highest BCUT2D eigenvalue weighted by molar-refractivity contribution is 8.00. The highest BCUT2D eigenvalue weighted by atomic mass is 35.5. The number of hydrogen-bond donors (Lipinski definition) is 0. The second-order valence-corrected chi connectivity index (χ2v) is 7.46. The molecule has 0 radical (unpaired) electrons. The van der Waals surface area contributed by atoms with E-state index in [1.54, 1.807) is 11.8 Å². The molecule has 126 valence electrons. The second kappa shape index (κ2) is 8.37. The summed E-state index contributed by atoms with van der Waals surface area (Å²) in [5, 5.41) is -0.296. The predicted octanol–water partition coefficient (Wildman–Crippen LogP) is 5.87. The number of benzene rings is 3. The van der Waals surface area contributed by atoms with Crippen molar-refractivity contribution >= 4 is 28.6 Å². The summed E-state index contributed by atoms with van der Waals surface area (Å²) in [4.78, 5) is 11.3. The van der Waals surface area contributed by atoms with E-state index in [0.717, 1.165) is 0 Å². The minimum Gasteiger partial charge on any atom is -0.281 e. The fourth-order valence-corrected chi connectivity index (χ4v) is 4.76. The Morgan fingerprint density at radius 3 is 1.40 bits per heavy atom. The maximum atomic E-state index is 11.3. The van der Waals surface area contributed by atoms with Crippen LogP contribution in [-0.2, 0) is 9.54 Å². The lowest BCUT2D eigenvalue weighted by Crippen LogP contribution is -2.26. The van der Waals surface area contributed by atoms with E-state index in [0.29, 0.717) is 12.2 Å². The summed E-state index contributed by atoms with van der Waals surface area (Å²) < 4.78 is -0.379. The molecule has 0 saturated carbocycles. The maximum absolute atomic E-state index is 11.3. The molecule has 3 heteroatoms. The topological polar surface area (TPSA) is 17.1 Å². The van der Waals surface area contributed by atoms with Gasteiger partial charge in [0.2, 0.25) is 5.24 Å². The number of halogens is 1. The van der Waals surface area contributed by atoms with E-state index >= 15 is 0 Å². The van der Waals surface area contributed by atoms with Crippen LogP contribution in [0, 0.1) is 0 Å². The van der Waals surface area contributed by atoms with Crippen molar-refractivity contribution in [2.24, 2.45) is 0 Å². The molecule has 0 unspecified atom stereocenters. The van der Waals surface area contributed by atoms with E-state index < -0.39 is 0 Å². The molecule has 0 amide bonds. The van der Waals surface area contributed by atoms with Crippen molar-refractivity contribution in [2.75, 3.05) is 5.75 Å². The van der Waals surface area contributed by atoms with E-state index in [1.807, 2.05) is 18.2 Å². The summed E-state index contributed by atoms with van der Waals surface area (Å²) in [6.07, 6.45) is 0.348. The van der Waals surface area contributed by atoms with Gasteiger partial charge < -0.3 is 0 Å². The van der Waals surface area contributed by atoms with E-state index in [9.17, 15) is 4.79 Å². The largest absolute Gasteiger partial charge is 0.281 e. The van der Waals surface area contributed by atoms with E-state index in [2.05, 4.69) is 72.8 Å². The van der Waals surface area contributed by atoms with Gasteiger partial charge in [0.05, 0.1) is 4.75 Å². The van der Waals surface area contributed by atoms with Crippen molar-refractivity contribution in [1.29, 1.82) is 0 Å². The Labute approximate surface area is 158 Å². The van der Waals surface area contributed by atoms with Crippen LogP contribution in [0.2, 0.25) is 0 Å². The molecule has 3 aromatic carbocycles. The summed E-state index contributed by atoms with van der Waals surface area (Å²) >= 11 is 7.34. The molecule has 0 spiro atoms. The van der Waals surface area contributed by atoms with Crippen LogP contribution in [0.25, 0.3) is 0 Å². The van der Waals surface area contributed by atoms with Gasteiger partial charge in [-0.25, -0.2) is 0 Å². The Morgan fingerprint density at radius 1 is 0.720 bits per heavy atom. The zero-order valence-electron chi connectivity index (χ0n) is 13.8. The summed E-state index contributed by atoms with van der Waals surface area (Å²) in [5.74, 6) is 0.654. The molecule has 0 aliphatic heterocycles. The van der Waals surface area contributed by atoms with Crippen molar-refractivity contribution in [3.63, 3.8) is 0 Å². The SMILES string of the molecule is O=C(Cl)CCSC(c1ccccc1)(c1ccccc1)c1ccccc1. The molecule has 0 aromatic heterocycles. The van der Waals surface area contributed by atoms with Crippen LogP contribution in [-0.4, -0.2) is 11.0 Å². The van der Waals surface area contributed by atoms with Crippen LogP contribution < -0.4 is 0 Å². The molecule has 0 aliphatic rings. The minimum atomic E-state index is -0.379. The van der Waals surface area contributed by atoms with E-state index in [4.69, 9.17) is 11.6 Å². The average Bonchev–Trinajstić information content (AvgIpc) is 2.67. The van der Waals surface area contributed by atoms with Crippen LogP contribution in [0.3, 0.4) is 0 Å². The molecular formula is C22H19ClOS. The standard InChI is InChI=1S/C22H19ClOS/c23-21(24)16-17-25-22(18-10-4-1-5-11-18,19-12-6-2-7-13-19)20-14-8-3-9-15-20/h1-15H,16-17H2. The first-order valence-corrected chi connectivity index (χ1v) is 9.59. The van der Waals surface area contributed by atoms with Crippen molar-refractivity contribution in [3.05, 3.63) is 108 Å². The Morgan fingerprint density at radius 2 is 1.08 bits per heavy atom. The lowest BCUT2D eigenvalue weighted by atomic mass is 9.84. The third-order valence-corrected chi connectivity index (χ3v) is 5.90. The van der Waals surface area contributed by atoms with Crippen LogP contribution in [0.5, 0.6) is 0 Å². The quantitative estimate of drug-likeness (QED) is 0.384. The average molecular weight is 367 g/mol. The summed E-state index contributed by atoms with van der Waals surface area (Å²) in [6, 6.07) is 31.3. The zero-order chi connectivity index (χ0) is 17.5. The molecule has 3 aromatic rings. The molecule has 0 aliphatic carbocycles. The first-order chi connectivity index (χ1) is 12.2. The third kappa shape index (κ3) is 3.97. The van der Waals surface area contributed by atoms with Crippen LogP contribution >= 0.6 is 23.4 Å². The Hall–Kier alpha value is -2.03. The van der Waals surface area contributed by atoms with Gasteiger partial charge in [0, 0.05) is 12.2 Å². The molecule has 1 nitrogen and oxygen atoms in total. The van der Waals surface area contributed by atoms with Gasteiger partial charge in [-0.3, -0.25) is 4.79 Å². The van der Waals surface area contributed by atoms with Gasteiger partial charge in [0.25, 0.3) is 0 Å². The molecule has 0 saturated heterocycles. The Bertz CT molecular complexity index is 707. The van der Waals surface area contributed by atoms with E-state index in [-0.39, 0.29) is 9.99 Å². The lowest BCUT2D eigenvalue weighted by molar-refractivity contribution is -0.111. The van der Waals surface area contributed by atoms with Gasteiger partial charge >= 0.3 is 0 Å². The first kappa shape index (κ1) is 17.8. The summed E-state index contributed by atoms with van der Waals surface area (Å²) in [7, 11) is 0. The molecular weight excluding hydrogens is 348 g/mol. The smallest absolute Gasteiger partial charge is 0.222 e. The van der Waals surface area contributed by atoms with Gasteiger partial charge in [-0.1, -0.05) is 91.0 Å². The molecule has 0 bridgehead atoms. The molecule has 25 heavy (non-hydrogen) atoms. The van der Waals surface area contributed by atoms with E-state index in [1.165, 1.54) is 16.7 Å². The van der Waals surface area contributed by atoms with Gasteiger partial charge in [-0.05, 0) is 28.3 Å². The fourth-order valence-electron chi connectivity index (χ4n) is 3.05. The van der Waals surface area contributed by atoms with Crippen molar-refractivity contribution < 1.29 is 4.79 Å². The van der Waals surface area contributed by atoms with Crippen molar-refractivity contribution in [3.8, 4) is 0 Å². The van der Waals surface area contributed by atoms with Gasteiger partial charge in [0.1, 0.15) is 0 Å². The van der Waals surface area contributed by atoms with Crippen LogP contribution in [0.15, 0.2) is 91.0 Å². The first-order valence-electron chi connectivity index (χ1n) is 8.22. The van der Waals surface area contributed by atoms with Gasteiger partial charge in [-0.2, -0.15) is 0 Å². The maximum Gasteiger partial charge on any atom is 0.222 e. The summed E-state index contributed by atoms with van der Waals surface area (Å²) in [5.41, 5.74) is 3.58. The number of rotatable bonds is 7. The predicted molar refractivity (Wildman–Crippen MR) is 107 cm³/mol. The number of carbonyl (C=O) groups excluding carboxylic acids is 1. The highest BCUT2D eigenvalue weighted by Gasteiger charge is 2.36. The number of hydrogen-bond acceptors (Lipinski definition) is 2. The lowest BCUT2D eigenvalue weighted by Gasteiger charge is -2.35.